The number of rotatable bonds is 2. The molecule has 0 bridgehead atoms. The standard InChI is InChI=1S/C9H7ClFN3O/c10-8-3-6(1-2-9(8)11)14-7(5-15)4-12-13-14/h1-4,15H,5H2. The lowest BCUT2D eigenvalue weighted by molar-refractivity contribution is 0.273. The summed E-state index contributed by atoms with van der Waals surface area (Å²) in [5, 5.41) is 16.4. The monoisotopic (exact) mass is 227 g/mol. The van der Waals surface area contributed by atoms with Crippen LogP contribution in [0.3, 0.4) is 0 Å². The van der Waals surface area contributed by atoms with Gasteiger partial charge in [-0.25, -0.2) is 9.07 Å². The van der Waals surface area contributed by atoms with Gasteiger partial charge in [0.15, 0.2) is 0 Å². The van der Waals surface area contributed by atoms with Crippen molar-refractivity contribution >= 4 is 11.6 Å². The van der Waals surface area contributed by atoms with Gasteiger partial charge in [0.05, 0.1) is 29.2 Å². The van der Waals surface area contributed by atoms with Crippen molar-refractivity contribution < 1.29 is 9.50 Å². The molecular formula is C9H7ClFN3O. The molecule has 6 heteroatoms. The summed E-state index contributed by atoms with van der Waals surface area (Å²) in [7, 11) is 0. The first kappa shape index (κ1) is 10.1. The van der Waals surface area contributed by atoms with E-state index >= 15 is 0 Å². The Morgan fingerprint density at radius 1 is 1.47 bits per heavy atom. The Labute approximate surface area is 89.9 Å². The summed E-state index contributed by atoms with van der Waals surface area (Å²) in [5.74, 6) is -0.494. The van der Waals surface area contributed by atoms with E-state index in [1.165, 1.54) is 29.1 Å². The fourth-order valence-electron chi connectivity index (χ4n) is 1.20. The smallest absolute Gasteiger partial charge is 0.141 e. The number of nitrogens with zero attached hydrogens (tertiary/aromatic N) is 3. The highest BCUT2D eigenvalue weighted by Gasteiger charge is 2.07. The molecule has 4 nitrogen and oxygen atoms in total. The number of aromatic nitrogens is 3. The topological polar surface area (TPSA) is 50.9 Å². The molecule has 1 aromatic carbocycles. The van der Waals surface area contributed by atoms with E-state index in [9.17, 15) is 4.39 Å². The van der Waals surface area contributed by atoms with Crippen molar-refractivity contribution in [1.82, 2.24) is 15.0 Å². The van der Waals surface area contributed by atoms with Crippen molar-refractivity contribution in [3.63, 3.8) is 0 Å². The maximum Gasteiger partial charge on any atom is 0.141 e. The second kappa shape index (κ2) is 3.96. The third-order valence-electron chi connectivity index (χ3n) is 1.93. The zero-order valence-electron chi connectivity index (χ0n) is 7.56. The highest BCUT2D eigenvalue weighted by Crippen LogP contribution is 2.19. The first-order valence-electron chi connectivity index (χ1n) is 4.18. The SMILES string of the molecule is OCc1cnnn1-c1ccc(F)c(Cl)c1. The molecule has 2 rings (SSSR count). The molecular weight excluding hydrogens is 221 g/mol. The van der Waals surface area contributed by atoms with Gasteiger partial charge in [0.25, 0.3) is 0 Å². The van der Waals surface area contributed by atoms with Crippen LogP contribution in [0.4, 0.5) is 4.39 Å². The van der Waals surface area contributed by atoms with Crippen LogP contribution in [0.1, 0.15) is 5.69 Å². The number of benzene rings is 1. The van der Waals surface area contributed by atoms with Crippen LogP contribution in [0, 0.1) is 5.82 Å². The Bertz CT molecular complexity index is 486. The molecule has 0 saturated heterocycles. The van der Waals surface area contributed by atoms with E-state index in [4.69, 9.17) is 16.7 Å². The third kappa shape index (κ3) is 1.84. The van der Waals surface area contributed by atoms with E-state index in [-0.39, 0.29) is 11.6 Å². The zero-order valence-corrected chi connectivity index (χ0v) is 8.32. The molecule has 0 radical (unpaired) electrons. The minimum atomic E-state index is -0.494. The molecule has 0 aliphatic carbocycles. The fraction of sp³-hybridized carbons (Fsp3) is 0.111. The molecule has 0 saturated carbocycles. The summed E-state index contributed by atoms with van der Waals surface area (Å²) >= 11 is 5.63. The van der Waals surface area contributed by atoms with Crippen LogP contribution in [0.15, 0.2) is 24.4 Å². The average Bonchev–Trinajstić information content (AvgIpc) is 2.70. The molecule has 1 heterocycles. The van der Waals surface area contributed by atoms with Crippen LogP contribution in [0.2, 0.25) is 5.02 Å². The quantitative estimate of drug-likeness (QED) is 0.847. The molecule has 0 aliphatic heterocycles. The van der Waals surface area contributed by atoms with Crippen molar-refractivity contribution in [2.24, 2.45) is 0 Å². The van der Waals surface area contributed by atoms with Gasteiger partial charge in [-0.3, -0.25) is 0 Å². The van der Waals surface area contributed by atoms with Gasteiger partial charge in [0.1, 0.15) is 5.82 Å². The molecule has 0 unspecified atom stereocenters. The van der Waals surface area contributed by atoms with Crippen molar-refractivity contribution in [2.75, 3.05) is 0 Å². The summed E-state index contributed by atoms with van der Waals surface area (Å²) < 4.78 is 14.3. The zero-order chi connectivity index (χ0) is 10.8. The number of aliphatic hydroxyl groups excluding tert-OH is 1. The van der Waals surface area contributed by atoms with E-state index < -0.39 is 5.82 Å². The van der Waals surface area contributed by atoms with E-state index in [1.807, 2.05) is 0 Å². The molecule has 15 heavy (non-hydrogen) atoms. The van der Waals surface area contributed by atoms with Crippen LogP contribution < -0.4 is 0 Å². The number of halogens is 2. The lowest BCUT2D eigenvalue weighted by atomic mass is 10.3. The fourth-order valence-corrected chi connectivity index (χ4v) is 1.37. The molecule has 0 fully saturated rings. The summed E-state index contributed by atoms with van der Waals surface area (Å²) in [6.07, 6.45) is 1.43. The first-order valence-corrected chi connectivity index (χ1v) is 4.56. The number of aliphatic hydroxyl groups is 1. The second-order valence-corrected chi connectivity index (χ2v) is 3.30. The van der Waals surface area contributed by atoms with E-state index in [1.54, 1.807) is 0 Å². The van der Waals surface area contributed by atoms with Gasteiger partial charge in [-0.05, 0) is 18.2 Å². The van der Waals surface area contributed by atoms with Gasteiger partial charge in [-0.15, -0.1) is 5.10 Å². The summed E-state index contributed by atoms with van der Waals surface area (Å²) in [4.78, 5) is 0. The summed E-state index contributed by atoms with van der Waals surface area (Å²) in [6, 6.07) is 4.17. The molecule has 1 aromatic heterocycles. The van der Waals surface area contributed by atoms with Gasteiger partial charge >= 0.3 is 0 Å². The Balaban J connectivity index is 2.50. The van der Waals surface area contributed by atoms with Crippen molar-refractivity contribution in [1.29, 1.82) is 0 Å². The van der Waals surface area contributed by atoms with Crippen molar-refractivity contribution in [3.8, 4) is 5.69 Å². The van der Waals surface area contributed by atoms with Crippen LogP contribution in [-0.2, 0) is 6.61 Å². The van der Waals surface area contributed by atoms with Gasteiger partial charge in [0, 0.05) is 0 Å². The summed E-state index contributed by atoms with van der Waals surface area (Å²) in [5.41, 5.74) is 1.07. The minimum absolute atomic E-state index is 0.00638. The molecule has 0 amide bonds. The number of hydrogen-bond donors (Lipinski definition) is 1. The summed E-state index contributed by atoms with van der Waals surface area (Å²) in [6.45, 7) is -0.192. The normalized spacial score (nSPS) is 10.6. The highest BCUT2D eigenvalue weighted by molar-refractivity contribution is 6.30. The molecule has 0 spiro atoms. The largest absolute Gasteiger partial charge is 0.390 e. The first-order chi connectivity index (χ1) is 7.22. The van der Waals surface area contributed by atoms with Gasteiger partial charge in [0.2, 0.25) is 0 Å². The van der Waals surface area contributed by atoms with Crippen LogP contribution >= 0.6 is 11.6 Å². The molecule has 1 N–H and O–H groups in total. The van der Waals surface area contributed by atoms with Crippen LogP contribution in [0.25, 0.3) is 5.69 Å². The van der Waals surface area contributed by atoms with Gasteiger partial charge in [-0.1, -0.05) is 16.8 Å². The number of hydrogen-bond acceptors (Lipinski definition) is 3. The Hall–Kier alpha value is -1.46. The lowest BCUT2D eigenvalue weighted by Gasteiger charge is -2.04. The van der Waals surface area contributed by atoms with Crippen molar-refractivity contribution in [3.05, 3.63) is 40.9 Å². The predicted molar refractivity (Wildman–Crippen MR) is 52.2 cm³/mol. The van der Waals surface area contributed by atoms with E-state index in [2.05, 4.69) is 10.3 Å². The maximum absolute atomic E-state index is 12.9. The van der Waals surface area contributed by atoms with Crippen LogP contribution in [0.5, 0.6) is 0 Å². The van der Waals surface area contributed by atoms with Gasteiger partial charge < -0.3 is 5.11 Å². The Morgan fingerprint density at radius 2 is 2.27 bits per heavy atom. The molecule has 78 valence electrons. The minimum Gasteiger partial charge on any atom is -0.390 e. The average molecular weight is 228 g/mol. The maximum atomic E-state index is 12.9. The lowest BCUT2D eigenvalue weighted by Crippen LogP contribution is -2.02. The van der Waals surface area contributed by atoms with E-state index in [0.717, 1.165) is 0 Å². The van der Waals surface area contributed by atoms with Gasteiger partial charge in [-0.2, -0.15) is 0 Å². The van der Waals surface area contributed by atoms with Crippen molar-refractivity contribution in [2.45, 2.75) is 6.61 Å². The highest BCUT2D eigenvalue weighted by atomic mass is 35.5. The Morgan fingerprint density at radius 3 is 2.93 bits per heavy atom. The Kier molecular flexibility index (Phi) is 2.66. The predicted octanol–water partition coefficient (Wildman–Crippen LogP) is 1.55. The molecule has 0 aliphatic rings. The second-order valence-electron chi connectivity index (χ2n) is 2.89. The third-order valence-corrected chi connectivity index (χ3v) is 2.22. The molecule has 2 aromatic rings. The van der Waals surface area contributed by atoms with Crippen LogP contribution in [-0.4, -0.2) is 20.1 Å². The van der Waals surface area contributed by atoms with E-state index in [0.29, 0.717) is 11.4 Å². The molecule has 0 atom stereocenters.